The van der Waals surface area contributed by atoms with E-state index in [0.29, 0.717) is 35.0 Å². The second-order valence-corrected chi connectivity index (χ2v) is 6.31. The zero-order valence-electron chi connectivity index (χ0n) is 17.5. The van der Waals surface area contributed by atoms with Crippen molar-refractivity contribution in [2.24, 2.45) is 10.8 Å². The maximum absolute atomic E-state index is 12.0. The number of carbonyl (C=O) groups excluding carboxylic acids is 4. The second kappa shape index (κ2) is 11.7. The van der Waals surface area contributed by atoms with Crippen molar-refractivity contribution in [3.63, 3.8) is 0 Å². The summed E-state index contributed by atoms with van der Waals surface area (Å²) in [6.45, 7) is 3.22. The molecule has 2 aromatic rings. The standard InChI is InChI=1S/C21H23N5O6/c1-3-31-18-10-14(4-9-17(18)32-12-19(22)28)11-23-26-21(30)20(29)25-16-7-5-15(6-8-16)24-13(2)27/h4-11H,3,12H2,1-2H3,(H2,22,28)(H,24,27)(H,25,29)(H,26,30). The Labute approximate surface area is 184 Å². The molecule has 0 saturated heterocycles. The van der Waals surface area contributed by atoms with Crippen LogP contribution in [0.3, 0.4) is 0 Å². The molecular weight excluding hydrogens is 418 g/mol. The molecule has 0 aliphatic heterocycles. The first-order valence-corrected chi connectivity index (χ1v) is 9.48. The van der Waals surface area contributed by atoms with Crippen molar-refractivity contribution in [1.29, 1.82) is 0 Å². The van der Waals surface area contributed by atoms with E-state index in [-0.39, 0.29) is 12.5 Å². The maximum Gasteiger partial charge on any atom is 0.329 e. The van der Waals surface area contributed by atoms with Gasteiger partial charge >= 0.3 is 11.8 Å². The molecule has 0 bridgehead atoms. The normalized spacial score (nSPS) is 10.3. The number of primary amides is 1. The number of anilines is 2. The van der Waals surface area contributed by atoms with Gasteiger partial charge in [0.1, 0.15) is 0 Å². The summed E-state index contributed by atoms with van der Waals surface area (Å²) >= 11 is 0. The number of hydrazone groups is 1. The number of nitrogens with zero attached hydrogens (tertiary/aromatic N) is 1. The van der Waals surface area contributed by atoms with Gasteiger partial charge in [0.05, 0.1) is 12.8 Å². The number of hydrogen-bond donors (Lipinski definition) is 4. The van der Waals surface area contributed by atoms with Crippen molar-refractivity contribution in [2.45, 2.75) is 13.8 Å². The van der Waals surface area contributed by atoms with Crippen molar-refractivity contribution in [3.8, 4) is 11.5 Å². The summed E-state index contributed by atoms with van der Waals surface area (Å²) in [5.41, 5.74) is 8.67. The highest BCUT2D eigenvalue weighted by molar-refractivity contribution is 6.39. The monoisotopic (exact) mass is 441 g/mol. The minimum Gasteiger partial charge on any atom is -0.490 e. The summed E-state index contributed by atoms with van der Waals surface area (Å²) in [7, 11) is 0. The Hall–Kier alpha value is -4.41. The van der Waals surface area contributed by atoms with Crippen molar-refractivity contribution in [2.75, 3.05) is 23.8 Å². The summed E-state index contributed by atoms with van der Waals surface area (Å²) in [6, 6.07) is 11.0. The van der Waals surface area contributed by atoms with E-state index in [4.69, 9.17) is 15.2 Å². The number of hydrogen-bond acceptors (Lipinski definition) is 7. The molecule has 0 aliphatic carbocycles. The van der Waals surface area contributed by atoms with Gasteiger partial charge in [0.25, 0.3) is 5.91 Å². The van der Waals surface area contributed by atoms with Crippen LogP contribution in [0.2, 0.25) is 0 Å². The van der Waals surface area contributed by atoms with E-state index in [1.165, 1.54) is 25.3 Å². The molecule has 2 aromatic carbocycles. The lowest BCUT2D eigenvalue weighted by Crippen LogP contribution is -2.32. The molecule has 168 valence electrons. The summed E-state index contributed by atoms with van der Waals surface area (Å²) < 4.78 is 10.7. The molecule has 11 heteroatoms. The van der Waals surface area contributed by atoms with Crippen LogP contribution in [-0.2, 0) is 19.2 Å². The molecule has 11 nitrogen and oxygen atoms in total. The van der Waals surface area contributed by atoms with Crippen molar-refractivity contribution >= 4 is 41.2 Å². The number of nitrogens with one attached hydrogen (secondary N) is 3. The van der Waals surface area contributed by atoms with Gasteiger partial charge in [-0.1, -0.05) is 0 Å². The van der Waals surface area contributed by atoms with Gasteiger partial charge in [-0.25, -0.2) is 5.43 Å². The number of benzene rings is 2. The lowest BCUT2D eigenvalue weighted by atomic mass is 10.2. The van der Waals surface area contributed by atoms with Crippen LogP contribution in [0, 0.1) is 0 Å². The van der Waals surface area contributed by atoms with Gasteiger partial charge < -0.3 is 25.8 Å². The Balaban J connectivity index is 1.94. The van der Waals surface area contributed by atoms with Gasteiger partial charge in [0, 0.05) is 18.3 Å². The minimum atomic E-state index is -0.973. The van der Waals surface area contributed by atoms with Gasteiger partial charge in [0.2, 0.25) is 5.91 Å². The number of ether oxygens (including phenoxy) is 2. The second-order valence-electron chi connectivity index (χ2n) is 6.31. The predicted molar refractivity (Wildman–Crippen MR) is 117 cm³/mol. The molecule has 0 heterocycles. The van der Waals surface area contributed by atoms with Crippen LogP contribution in [0.4, 0.5) is 11.4 Å². The van der Waals surface area contributed by atoms with Crippen molar-refractivity contribution in [1.82, 2.24) is 5.43 Å². The van der Waals surface area contributed by atoms with Crippen LogP contribution in [-0.4, -0.2) is 43.1 Å². The fourth-order valence-corrected chi connectivity index (χ4v) is 2.39. The Morgan fingerprint density at radius 2 is 1.59 bits per heavy atom. The molecule has 0 fully saturated rings. The SMILES string of the molecule is CCOc1cc(C=NNC(=O)C(=O)Nc2ccc(NC(C)=O)cc2)ccc1OCC(N)=O. The number of carbonyl (C=O) groups is 4. The lowest BCUT2D eigenvalue weighted by Gasteiger charge is -2.11. The van der Waals surface area contributed by atoms with E-state index in [1.54, 1.807) is 37.3 Å². The van der Waals surface area contributed by atoms with Gasteiger partial charge in [-0.15, -0.1) is 0 Å². The third-order valence-electron chi connectivity index (χ3n) is 3.69. The summed E-state index contributed by atoms with van der Waals surface area (Å²) in [4.78, 5) is 45.8. The first kappa shape index (κ1) is 23.9. The number of rotatable bonds is 9. The smallest absolute Gasteiger partial charge is 0.329 e. The van der Waals surface area contributed by atoms with E-state index in [9.17, 15) is 19.2 Å². The third kappa shape index (κ3) is 7.78. The van der Waals surface area contributed by atoms with Crippen LogP contribution in [0.15, 0.2) is 47.6 Å². The molecule has 32 heavy (non-hydrogen) atoms. The van der Waals surface area contributed by atoms with Crippen LogP contribution in [0.1, 0.15) is 19.4 Å². The molecule has 0 aromatic heterocycles. The van der Waals surface area contributed by atoms with Crippen molar-refractivity contribution < 1.29 is 28.7 Å². The Morgan fingerprint density at radius 3 is 2.19 bits per heavy atom. The Bertz CT molecular complexity index is 1020. The molecule has 4 amide bonds. The van der Waals surface area contributed by atoms with Gasteiger partial charge in [-0.2, -0.15) is 5.10 Å². The molecule has 0 aliphatic rings. The topological polar surface area (TPSA) is 161 Å². The van der Waals surface area contributed by atoms with E-state index in [0.717, 1.165) is 0 Å². The van der Waals surface area contributed by atoms with Gasteiger partial charge in [-0.3, -0.25) is 19.2 Å². The van der Waals surface area contributed by atoms with E-state index < -0.39 is 17.7 Å². The number of nitrogens with two attached hydrogens (primary N) is 1. The highest BCUT2D eigenvalue weighted by Gasteiger charge is 2.13. The number of amides is 4. The van der Waals surface area contributed by atoms with Gasteiger partial charge in [0.15, 0.2) is 18.1 Å². The Kier molecular flexibility index (Phi) is 8.72. The molecule has 5 N–H and O–H groups in total. The first-order valence-electron chi connectivity index (χ1n) is 9.48. The predicted octanol–water partition coefficient (Wildman–Crippen LogP) is 0.997. The molecule has 0 radical (unpaired) electrons. The molecular formula is C21H23N5O6. The maximum atomic E-state index is 12.0. The van der Waals surface area contributed by atoms with Crippen LogP contribution in [0.5, 0.6) is 11.5 Å². The van der Waals surface area contributed by atoms with Crippen LogP contribution in [0.25, 0.3) is 0 Å². The average Bonchev–Trinajstić information content (AvgIpc) is 2.74. The first-order chi connectivity index (χ1) is 15.3. The van der Waals surface area contributed by atoms with Crippen LogP contribution >= 0.6 is 0 Å². The summed E-state index contributed by atoms with van der Waals surface area (Å²) in [5, 5.41) is 8.76. The fraction of sp³-hybridized carbons (Fsp3) is 0.190. The minimum absolute atomic E-state index is 0.222. The highest BCUT2D eigenvalue weighted by atomic mass is 16.5. The molecule has 0 atom stereocenters. The molecule has 0 spiro atoms. The Morgan fingerprint density at radius 1 is 0.938 bits per heavy atom. The molecule has 2 rings (SSSR count). The van der Waals surface area contributed by atoms with Crippen molar-refractivity contribution in [3.05, 3.63) is 48.0 Å². The highest BCUT2D eigenvalue weighted by Crippen LogP contribution is 2.28. The largest absolute Gasteiger partial charge is 0.490 e. The van der Waals surface area contributed by atoms with E-state index in [1.807, 2.05) is 0 Å². The zero-order chi connectivity index (χ0) is 23.5. The summed E-state index contributed by atoms with van der Waals surface area (Å²) in [6.07, 6.45) is 1.31. The molecule has 0 saturated carbocycles. The molecule has 0 unspecified atom stereocenters. The zero-order valence-corrected chi connectivity index (χ0v) is 17.5. The van der Waals surface area contributed by atoms with E-state index >= 15 is 0 Å². The van der Waals surface area contributed by atoms with E-state index in [2.05, 4.69) is 21.2 Å². The lowest BCUT2D eigenvalue weighted by molar-refractivity contribution is -0.136. The average molecular weight is 441 g/mol. The van der Waals surface area contributed by atoms with Crippen LogP contribution < -0.4 is 31.3 Å². The summed E-state index contributed by atoms with van der Waals surface area (Å²) in [5.74, 6) is -2.04. The third-order valence-corrected chi connectivity index (χ3v) is 3.69. The quantitative estimate of drug-likeness (QED) is 0.258. The van der Waals surface area contributed by atoms with Gasteiger partial charge in [-0.05, 0) is 55.0 Å². The fourth-order valence-electron chi connectivity index (χ4n) is 2.39.